The van der Waals surface area contributed by atoms with Crippen molar-refractivity contribution in [2.24, 2.45) is 0 Å². The lowest BCUT2D eigenvalue weighted by molar-refractivity contribution is -0.142. The molecule has 4 aromatic rings. The molecule has 0 aliphatic heterocycles. The average Bonchev–Trinajstić information content (AvgIpc) is 3.36. The van der Waals surface area contributed by atoms with Gasteiger partial charge in [0, 0.05) is 6.07 Å². The number of nitrogens with one attached hydrogen (secondary N) is 1. The summed E-state index contributed by atoms with van der Waals surface area (Å²) in [6.45, 7) is 0. The highest BCUT2D eigenvalue weighted by Crippen LogP contribution is 2.33. The summed E-state index contributed by atoms with van der Waals surface area (Å²) < 4.78 is 41.3. The van der Waals surface area contributed by atoms with Gasteiger partial charge in [0.05, 0.1) is 21.8 Å². The predicted octanol–water partition coefficient (Wildman–Crippen LogP) is 4.60. The van der Waals surface area contributed by atoms with Crippen LogP contribution in [0, 0.1) is 11.3 Å². The summed E-state index contributed by atoms with van der Waals surface area (Å²) in [4.78, 5) is 17.3. The number of alkyl halides is 3. The number of rotatable bonds is 3. The zero-order valence-corrected chi connectivity index (χ0v) is 15.3. The van der Waals surface area contributed by atoms with Gasteiger partial charge < -0.3 is 5.32 Å². The Morgan fingerprint density at radius 3 is 2.66 bits per heavy atom. The average molecular weight is 413 g/mol. The van der Waals surface area contributed by atoms with Crippen molar-refractivity contribution in [1.82, 2.24) is 14.6 Å². The van der Waals surface area contributed by atoms with Crippen LogP contribution in [-0.4, -0.2) is 20.5 Å². The molecule has 0 saturated heterocycles. The summed E-state index contributed by atoms with van der Waals surface area (Å²) in [6.07, 6.45) is -4.69. The molecule has 0 atom stereocenters. The second-order valence-corrected chi connectivity index (χ2v) is 6.86. The molecule has 0 saturated carbocycles. The third kappa shape index (κ3) is 3.55. The Morgan fingerprint density at radius 2 is 1.97 bits per heavy atom. The summed E-state index contributed by atoms with van der Waals surface area (Å²) in [5, 5.41) is 17.1. The summed E-state index contributed by atoms with van der Waals surface area (Å²) in [5.74, 6) is -0.746. The van der Waals surface area contributed by atoms with Gasteiger partial charge in [-0.25, -0.2) is 9.50 Å². The molecular weight excluding hydrogens is 403 g/mol. The molecule has 4 rings (SSSR count). The van der Waals surface area contributed by atoms with Gasteiger partial charge in [-0.15, -0.1) is 11.3 Å². The Bertz CT molecular complexity index is 1260. The van der Waals surface area contributed by atoms with Crippen molar-refractivity contribution in [2.75, 3.05) is 5.32 Å². The molecule has 0 spiro atoms. The third-order valence-corrected chi connectivity index (χ3v) is 4.91. The van der Waals surface area contributed by atoms with Crippen molar-refractivity contribution in [3.63, 3.8) is 0 Å². The topological polar surface area (TPSA) is 83.1 Å². The minimum Gasteiger partial charge on any atom is -0.319 e. The van der Waals surface area contributed by atoms with Crippen molar-refractivity contribution >= 4 is 28.6 Å². The molecule has 0 unspecified atom stereocenters. The van der Waals surface area contributed by atoms with E-state index in [1.54, 1.807) is 29.6 Å². The van der Waals surface area contributed by atoms with Crippen LogP contribution in [0.5, 0.6) is 0 Å². The van der Waals surface area contributed by atoms with Gasteiger partial charge in [-0.05, 0) is 29.6 Å². The molecule has 144 valence electrons. The maximum atomic E-state index is 13.6. The fraction of sp³-hybridized carbons (Fsp3) is 0.0526. The summed E-state index contributed by atoms with van der Waals surface area (Å²) in [5.41, 5.74) is -0.802. The number of fused-ring (bicyclic) bond motifs is 1. The van der Waals surface area contributed by atoms with E-state index in [2.05, 4.69) is 15.4 Å². The van der Waals surface area contributed by atoms with Gasteiger partial charge in [0.25, 0.3) is 5.91 Å². The molecule has 0 aliphatic rings. The van der Waals surface area contributed by atoms with Crippen LogP contribution in [0.1, 0.15) is 21.7 Å². The van der Waals surface area contributed by atoms with Gasteiger partial charge in [-0.1, -0.05) is 18.2 Å². The number of nitriles is 1. The van der Waals surface area contributed by atoms with Gasteiger partial charge in [0.2, 0.25) is 0 Å². The first kappa shape index (κ1) is 18.6. The maximum absolute atomic E-state index is 13.6. The first-order valence-corrected chi connectivity index (χ1v) is 9.07. The molecule has 0 aliphatic carbocycles. The van der Waals surface area contributed by atoms with Crippen LogP contribution in [0.4, 0.5) is 18.9 Å². The van der Waals surface area contributed by atoms with Crippen LogP contribution >= 0.6 is 11.3 Å². The van der Waals surface area contributed by atoms with Gasteiger partial charge in [-0.3, -0.25) is 4.79 Å². The molecule has 1 amide bonds. The van der Waals surface area contributed by atoms with Crippen LogP contribution in [0.15, 0.2) is 53.9 Å². The van der Waals surface area contributed by atoms with Crippen molar-refractivity contribution in [1.29, 1.82) is 5.26 Å². The SMILES string of the molecule is N#Cc1ccccc1NC(=O)c1cc2nc(-c3cccs3)cc(C(F)(F)F)n2n1. The highest BCUT2D eigenvalue weighted by Gasteiger charge is 2.35. The summed E-state index contributed by atoms with van der Waals surface area (Å²) in [6, 6.07) is 13.7. The van der Waals surface area contributed by atoms with Crippen LogP contribution in [0.3, 0.4) is 0 Å². The largest absolute Gasteiger partial charge is 0.433 e. The maximum Gasteiger partial charge on any atom is 0.433 e. The second-order valence-electron chi connectivity index (χ2n) is 5.91. The molecular formula is C19H10F3N5OS. The lowest BCUT2D eigenvalue weighted by Gasteiger charge is -2.10. The molecule has 0 bridgehead atoms. The van der Waals surface area contributed by atoms with Gasteiger partial charge in [-0.2, -0.15) is 23.5 Å². The Hall–Kier alpha value is -3.71. The fourth-order valence-corrected chi connectivity index (χ4v) is 3.40. The lowest BCUT2D eigenvalue weighted by atomic mass is 10.2. The Balaban J connectivity index is 1.79. The molecule has 0 radical (unpaired) electrons. The Morgan fingerprint density at radius 1 is 1.17 bits per heavy atom. The van der Waals surface area contributed by atoms with Crippen molar-refractivity contribution in [3.8, 4) is 16.6 Å². The Labute approximate surface area is 165 Å². The quantitative estimate of drug-likeness (QED) is 0.532. The number of para-hydroxylation sites is 1. The van der Waals surface area contributed by atoms with E-state index in [1.165, 1.54) is 29.5 Å². The zero-order valence-electron chi connectivity index (χ0n) is 14.4. The number of benzene rings is 1. The minimum atomic E-state index is -4.69. The number of hydrogen-bond acceptors (Lipinski definition) is 5. The molecule has 29 heavy (non-hydrogen) atoms. The second kappa shape index (κ2) is 7.03. The third-order valence-electron chi connectivity index (χ3n) is 4.02. The van der Waals surface area contributed by atoms with E-state index < -0.39 is 17.8 Å². The van der Waals surface area contributed by atoms with E-state index in [4.69, 9.17) is 5.26 Å². The lowest BCUT2D eigenvalue weighted by Crippen LogP contribution is -2.16. The minimum absolute atomic E-state index is 0.109. The molecule has 0 fully saturated rings. The van der Waals surface area contributed by atoms with E-state index in [1.807, 2.05) is 6.07 Å². The number of anilines is 1. The molecule has 1 N–H and O–H groups in total. The predicted molar refractivity (Wildman–Crippen MR) is 100 cm³/mol. The number of amides is 1. The first-order valence-electron chi connectivity index (χ1n) is 8.19. The molecule has 10 heteroatoms. The van der Waals surface area contributed by atoms with E-state index in [0.717, 1.165) is 6.07 Å². The standard InChI is InChI=1S/C19H10F3N5OS/c20-19(21,22)16-8-13(15-6-3-7-29-15)24-17-9-14(26-27(16)17)18(28)25-12-5-2-1-4-11(12)10-23/h1-9H,(H,25,28). The number of aromatic nitrogens is 3. The molecule has 6 nitrogen and oxygen atoms in total. The van der Waals surface area contributed by atoms with Crippen LogP contribution in [0.2, 0.25) is 0 Å². The van der Waals surface area contributed by atoms with E-state index >= 15 is 0 Å². The number of carbonyl (C=O) groups is 1. The van der Waals surface area contributed by atoms with Crippen molar-refractivity contribution in [3.05, 3.63) is 70.9 Å². The van der Waals surface area contributed by atoms with Crippen LogP contribution in [0.25, 0.3) is 16.2 Å². The number of hydrogen-bond donors (Lipinski definition) is 1. The number of nitrogens with zero attached hydrogens (tertiary/aromatic N) is 4. The number of thiophene rings is 1. The molecule has 3 aromatic heterocycles. The number of carbonyl (C=O) groups excluding carboxylic acids is 1. The monoisotopic (exact) mass is 413 g/mol. The van der Waals surface area contributed by atoms with Gasteiger partial charge >= 0.3 is 6.18 Å². The first-order chi connectivity index (χ1) is 13.9. The van der Waals surface area contributed by atoms with Crippen molar-refractivity contribution in [2.45, 2.75) is 6.18 Å². The van der Waals surface area contributed by atoms with Crippen LogP contribution < -0.4 is 5.32 Å². The Kier molecular flexibility index (Phi) is 4.52. The summed E-state index contributed by atoms with van der Waals surface area (Å²) in [7, 11) is 0. The highest BCUT2D eigenvalue weighted by molar-refractivity contribution is 7.13. The highest BCUT2D eigenvalue weighted by atomic mass is 32.1. The summed E-state index contributed by atoms with van der Waals surface area (Å²) >= 11 is 1.25. The van der Waals surface area contributed by atoms with Crippen LogP contribution in [-0.2, 0) is 6.18 Å². The fourth-order valence-electron chi connectivity index (χ4n) is 2.71. The smallest absolute Gasteiger partial charge is 0.319 e. The van der Waals surface area contributed by atoms with E-state index in [9.17, 15) is 18.0 Å². The number of halogens is 3. The normalized spacial score (nSPS) is 11.4. The molecule has 1 aromatic carbocycles. The molecule has 3 heterocycles. The van der Waals surface area contributed by atoms with E-state index in [-0.39, 0.29) is 28.3 Å². The van der Waals surface area contributed by atoms with Crippen molar-refractivity contribution < 1.29 is 18.0 Å². The van der Waals surface area contributed by atoms with Gasteiger partial charge in [0.15, 0.2) is 17.0 Å². The zero-order chi connectivity index (χ0) is 20.6. The van der Waals surface area contributed by atoms with Gasteiger partial charge in [0.1, 0.15) is 6.07 Å². The van der Waals surface area contributed by atoms with E-state index in [0.29, 0.717) is 9.39 Å².